The maximum Gasteiger partial charge on any atom is 0.276 e. The number of hydrazine groups is 1. The van der Waals surface area contributed by atoms with E-state index in [1.54, 1.807) is 24.3 Å². The number of benzene rings is 2. The number of para-hydroxylation sites is 1. The maximum atomic E-state index is 11.7. The van der Waals surface area contributed by atoms with Crippen molar-refractivity contribution in [2.24, 2.45) is 0 Å². The summed E-state index contributed by atoms with van der Waals surface area (Å²) < 4.78 is 5.23. The first-order valence-corrected chi connectivity index (χ1v) is 6.21. The second-order valence-electron chi connectivity index (χ2n) is 4.15. The van der Waals surface area contributed by atoms with Crippen molar-refractivity contribution >= 4 is 11.8 Å². The number of hydrogen-bond acceptors (Lipinski definition) is 4. The van der Waals surface area contributed by atoms with Gasteiger partial charge < -0.3 is 9.84 Å². The van der Waals surface area contributed by atoms with Crippen molar-refractivity contribution in [1.82, 2.24) is 10.9 Å². The van der Waals surface area contributed by atoms with Gasteiger partial charge in [-0.3, -0.25) is 20.4 Å². The van der Waals surface area contributed by atoms with Gasteiger partial charge in [-0.1, -0.05) is 18.2 Å². The molecule has 0 saturated carbocycles. The van der Waals surface area contributed by atoms with Gasteiger partial charge in [0, 0.05) is 5.56 Å². The van der Waals surface area contributed by atoms with Gasteiger partial charge in [-0.05, 0) is 36.4 Å². The fourth-order valence-corrected chi connectivity index (χ4v) is 1.51. The number of nitrogens with one attached hydrogen (secondary N) is 2. The number of hydrogen-bond donors (Lipinski definition) is 3. The molecule has 21 heavy (non-hydrogen) atoms. The van der Waals surface area contributed by atoms with Gasteiger partial charge in [0.25, 0.3) is 11.8 Å². The number of aromatic hydroxyl groups is 1. The number of rotatable bonds is 4. The highest BCUT2D eigenvalue weighted by atomic mass is 16.5. The van der Waals surface area contributed by atoms with Crippen molar-refractivity contribution in [2.45, 2.75) is 0 Å². The van der Waals surface area contributed by atoms with E-state index in [-0.39, 0.29) is 12.4 Å². The third kappa shape index (κ3) is 4.54. The van der Waals surface area contributed by atoms with Gasteiger partial charge >= 0.3 is 0 Å². The maximum absolute atomic E-state index is 11.7. The van der Waals surface area contributed by atoms with E-state index in [1.807, 2.05) is 6.07 Å². The number of ether oxygens (including phenoxy) is 1. The Bertz CT molecular complexity index is 611. The van der Waals surface area contributed by atoms with Gasteiger partial charge in [0.2, 0.25) is 0 Å². The van der Waals surface area contributed by atoms with Crippen LogP contribution in [0.25, 0.3) is 0 Å². The molecule has 3 N–H and O–H groups in total. The smallest absolute Gasteiger partial charge is 0.276 e. The van der Waals surface area contributed by atoms with Crippen molar-refractivity contribution in [3.8, 4) is 11.5 Å². The average molecular weight is 286 g/mol. The lowest BCUT2D eigenvalue weighted by Gasteiger charge is -2.08. The SMILES string of the molecule is O=C(COc1ccccc1)NNC(=O)c1ccc(O)cc1. The molecule has 2 rings (SSSR count). The van der Waals surface area contributed by atoms with E-state index in [1.165, 1.54) is 24.3 Å². The van der Waals surface area contributed by atoms with E-state index in [0.717, 1.165) is 0 Å². The normalized spacial score (nSPS) is 9.71. The lowest BCUT2D eigenvalue weighted by atomic mass is 10.2. The highest BCUT2D eigenvalue weighted by molar-refractivity contribution is 5.95. The van der Waals surface area contributed by atoms with Crippen LogP contribution >= 0.6 is 0 Å². The Balaban J connectivity index is 1.76. The zero-order chi connectivity index (χ0) is 15.1. The number of amides is 2. The number of carbonyl (C=O) groups is 2. The fraction of sp³-hybridized carbons (Fsp3) is 0.0667. The Morgan fingerprint density at radius 3 is 2.29 bits per heavy atom. The van der Waals surface area contributed by atoms with Gasteiger partial charge in [-0.2, -0.15) is 0 Å². The highest BCUT2D eigenvalue weighted by Gasteiger charge is 2.07. The molecule has 0 fully saturated rings. The summed E-state index contributed by atoms with van der Waals surface area (Å²) in [6, 6.07) is 14.5. The summed E-state index contributed by atoms with van der Waals surface area (Å²) >= 11 is 0. The van der Waals surface area contributed by atoms with Gasteiger partial charge in [-0.15, -0.1) is 0 Å². The van der Waals surface area contributed by atoms with Crippen LogP contribution in [0.4, 0.5) is 0 Å². The highest BCUT2D eigenvalue weighted by Crippen LogP contribution is 2.09. The van der Waals surface area contributed by atoms with Crippen LogP contribution in [-0.2, 0) is 4.79 Å². The topological polar surface area (TPSA) is 87.7 Å². The molecule has 108 valence electrons. The van der Waals surface area contributed by atoms with Crippen LogP contribution in [0.1, 0.15) is 10.4 Å². The molecule has 0 spiro atoms. The van der Waals surface area contributed by atoms with Crippen molar-refractivity contribution < 1.29 is 19.4 Å². The predicted molar refractivity (Wildman–Crippen MR) is 75.7 cm³/mol. The summed E-state index contributed by atoms with van der Waals surface area (Å²) in [4.78, 5) is 23.2. The zero-order valence-corrected chi connectivity index (χ0v) is 11.1. The summed E-state index contributed by atoms with van der Waals surface area (Å²) in [7, 11) is 0. The Hall–Kier alpha value is -3.02. The lowest BCUT2D eigenvalue weighted by Crippen LogP contribution is -2.43. The molecule has 0 atom stereocenters. The summed E-state index contributed by atoms with van der Waals surface area (Å²) in [5, 5.41) is 9.12. The van der Waals surface area contributed by atoms with Crippen LogP contribution in [-0.4, -0.2) is 23.5 Å². The van der Waals surface area contributed by atoms with E-state index in [2.05, 4.69) is 10.9 Å². The van der Waals surface area contributed by atoms with Crippen molar-refractivity contribution in [2.75, 3.05) is 6.61 Å². The van der Waals surface area contributed by atoms with E-state index in [4.69, 9.17) is 9.84 Å². The minimum Gasteiger partial charge on any atom is -0.508 e. The molecule has 0 aliphatic heterocycles. The monoisotopic (exact) mass is 286 g/mol. The third-order valence-electron chi connectivity index (χ3n) is 2.56. The molecule has 6 heteroatoms. The molecule has 0 radical (unpaired) electrons. The molecular formula is C15H14N2O4. The molecule has 0 aliphatic carbocycles. The Morgan fingerprint density at radius 2 is 1.62 bits per heavy atom. The van der Waals surface area contributed by atoms with E-state index in [9.17, 15) is 9.59 Å². The van der Waals surface area contributed by atoms with Crippen LogP contribution in [0.3, 0.4) is 0 Å². The van der Waals surface area contributed by atoms with E-state index < -0.39 is 11.8 Å². The minimum atomic E-state index is -0.483. The van der Waals surface area contributed by atoms with Gasteiger partial charge in [0.15, 0.2) is 6.61 Å². The summed E-state index contributed by atoms with van der Waals surface area (Å²) in [6.07, 6.45) is 0. The number of phenolic OH excluding ortho intramolecular Hbond substituents is 1. The van der Waals surface area contributed by atoms with Crippen molar-refractivity contribution in [3.05, 3.63) is 60.2 Å². The Kier molecular flexibility index (Phi) is 4.76. The lowest BCUT2D eigenvalue weighted by molar-refractivity contribution is -0.123. The summed E-state index contributed by atoms with van der Waals surface area (Å²) in [5.41, 5.74) is 4.81. The first-order chi connectivity index (χ1) is 10.1. The van der Waals surface area contributed by atoms with Gasteiger partial charge in [0.1, 0.15) is 11.5 Å². The average Bonchev–Trinajstić information content (AvgIpc) is 2.52. The standard InChI is InChI=1S/C15H14N2O4/c18-12-8-6-11(7-9-12)15(20)17-16-14(19)10-21-13-4-2-1-3-5-13/h1-9,18H,10H2,(H,16,19)(H,17,20). The fourth-order valence-electron chi connectivity index (χ4n) is 1.51. The number of phenols is 1. The van der Waals surface area contributed by atoms with Crippen LogP contribution in [0.15, 0.2) is 54.6 Å². The third-order valence-corrected chi connectivity index (χ3v) is 2.56. The zero-order valence-electron chi connectivity index (χ0n) is 11.1. The molecule has 2 aromatic carbocycles. The number of carbonyl (C=O) groups excluding carboxylic acids is 2. The predicted octanol–water partition coefficient (Wildman–Crippen LogP) is 1.23. The van der Waals surface area contributed by atoms with E-state index in [0.29, 0.717) is 11.3 Å². The first-order valence-electron chi connectivity index (χ1n) is 6.21. The molecule has 2 amide bonds. The van der Waals surface area contributed by atoms with E-state index >= 15 is 0 Å². The van der Waals surface area contributed by atoms with Crippen LogP contribution in [0.2, 0.25) is 0 Å². The second-order valence-corrected chi connectivity index (χ2v) is 4.15. The summed E-state index contributed by atoms with van der Waals surface area (Å²) in [6.45, 7) is -0.208. The van der Waals surface area contributed by atoms with Gasteiger partial charge in [0.05, 0.1) is 0 Å². The quantitative estimate of drug-likeness (QED) is 0.738. The van der Waals surface area contributed by atoms with Crippen LogP contribution in [0.5, 0.6) is 11.5 Å². The molecule has 6 nitrogen and oxygen atoms in total. The first kappa shape index (κ1) is 14.4. The second kappa shape index (κ2) is 6.95. The largest absolute Gasteiger partial charge is 0.508 e. The van der Waals surface area contributed by atoms with Crippen LogP contribution in [0, 0.1) is 0 Å². The molecular weight excluding hydrogens is 272 g/mol. The minimum absolute atomic E-state index is 0.0619. The van der Waals surface area contributed by atoms with Crippen LogP contribution < -0.4 is 15.6 Å². The van der Waals surface area contributed by atoms with Crippen molar-refractivity contribution in [3.63, 3.8) is 0 Å². The molecule has 2 aromatic rings. The van der Waals surface area contributed by atoms with Gasteiger partial charge in [-0.25, -0.2) is 0 Å². The molecule has 0 unspecified atom stereocenters. The molecule has 0 saturated heterocycles. The molecule has 0 aromatic heterocycles. The molecule has 0 bridgehead atoms. The molecule has 0 aliphatic rings. The molecule has 0 heterocycles. The Morgan fingerprint density at radius 1 is 0.952 bits per heavy atom. The Labute approximate surface area is 121 Å². The van der Waals surface area contributed by atoms with Crippen molar-refractivity contribution in [1.29, 1.82) is 0 Å². The summed E-state index contributed by atoms with van der Waals surface area (Å²) in [5.74, 6) is -0.335.